The summed E-state index contributed by atoms with van der Waals surface area (Å²) >= 11 is 1.71. The molecular formula is C19H19NO4S. The maximum atomic E-state index is 5.56. The van der Waals surface area contributed by atoms with Gasteiger partial charge in [-0.05, 0) is 40.6 Å². The van der Waals surface area contributed by atoms with E-state index in [2.05, 4.69) is 21.7 Å². The third kappa shape index (κ3) is 3.65. The van der Waals surface area contributed by atoms with Gasteiger partial charge in [0, 0.05) is 24.7 Å². The quantitative estimate of drug-likeness (QED) is 0.631. The van der Waals surface area contributed by atoms with Crippen molar-refractivity contribution in [1.29, 1.82) is 0 Å². The molecule has 3 aromatic rings. The molecule has 0 saturated carbocycles. The van der Waals surface area contributed by atoms with Crippen molar-refractivity contribution in [3.8, 4) is 17.2 Å². The first kappa shape index (κ1) is 16.1. The zero-order chi connectivity index (χ0) is 17.1. The highest BCUT2D eigenvalue weighted by Crippen LogP contribution is 2.38. The normalized spacial score (nSPS) is 12.7. The molecule has 1 aliphatic rings. The van der Waals surface area contributed by atoms with Crippen LogP contribution in [0, 0.1) is 0 Å². The molecule has 0 atom stereocenters. The second-order valence-electron chi connectivity index (χ2n) is 5.87. The van der Waals surface area contributed by atoms with Crippen molar-refractivity contribution in [3.63, 3.8) is 0 Å². The zero-order valence-corrected chi connectivity index (χ0v) is 14.8. The number of fused-ring (bicyclic) bond motifs is 1. The van der Waals surface area contributed by atoms with Crippen LogP contribution < -0.4 is 14.2 Å². The first-order chi connectivity index (χ1) is 12.3. The molecule has 1 aliphatic heterocycles. The summed E-state index contributed by atoms with van der Waals surface area (Å²) in [5, 5.41) is 4.27. The number of rotatable bonds is 7. The van der Waals surface area contributed by atoms with E-state index in [1.165, 1.54) is 5.56 Å². The minimum absolute atomic E-state index is 0.257. The molecule has 1 aromatic carbocycles. The Kier molecular flexibility index (Phi) is 4.63. The first-order valence-corrected chi connectivity index (χ1v) is 8.98. The lowest BCUT2D eigenvalue weighted by Crippen LogP contribution is -2.22. The van der Waals surface area contributed by atoms with Gasteiger partial charge in [0.15, 0.2) is 11.5 Å². The maximum Gasteiger partial charge on any atom is 0.231 e. The molecular weight excluding hydrogens is 338 g/mol. The van der Waals surface area contributed by atoms with Crippen LogP contribution in [0.1, 0.15) is 16.9 Å². The van der Waals surface area contributed by atoms with Gasteiger partial charge in [-0.25, -0.2) is 0 Å². The van der Waals surface area contributed by atoms with Gasteiger partial charge >= 0.3 is 0 Å². The molecule has 0 saturated heterocycles. The van der Waals surface area contributed by atoms with Gasteiger partial charge in [0.05, 0.1) is 19.9 Å². The second-order valence-corrected chi connectivity index (χ2v) is 6.65. The largest absolute Gasteiger partial charge is 0.496 e. The molecule has 2 aromatic heterocycles. The van der Waals surface area contributed by atoms with Gasteiger partial charge in [-0.15, -0.1) is 0 Å². The van der Waals surface area contributed by atoms with Gasteiger partial charge in [-0.2, -0.15) is 11.3 Å². The summed E-state index contributed by atoms with van der Waals surface area (Å²) < 4.78 is 22.1. The van der Waals surface area contributed by atoms with Crippen LogP contribution in [-0.2, 0) is 19.6 Å². The van der Waals surface area contributed by atoms with E-state index in [1.54, 1.807) is 24.7 Å². The van der Waals surface area contributed by atoms with Gasteiger partial charge in [0.1, 0.15) is 11.5 Å². The third-order valence-electron chi connectivity index (χ3n) is 4.12. The number of ether oxygens (including phenoxy) is 3. The van der Waals surface area contributed by atoms with E-state index >= 15 is 0 Å². The lowest BCUT2D eigenvalue weighted by Gasteiger charge is -2.22. The van der Waals surface area contributed by atoms with E-state index in [-0.39, 0.29) is 6.79 Å². The van der Waals surface area contributed by atoms with Gasteiger partial charge < -0.3 is 18.6 Å². The maximum absolute atomic E-state index is 5.56. The van der Waals surface area contributed by atoms with Gasteiger partial charge in [0.2, 0.25) is 6.79 Å². The third-order valence-corrected chi connectivity index (χ3v) is 4.85. The molecule has 0 unspecified atom stereocenters. The van der Waals surface area contributed by atoms with Crippen LogP contribution in [0.25, 0.3) is 0 Å². The highest BCUT2D eigenvalue weighted by molar-refractivity contribution is 7.07. The number of benzene rings is 1. The van der Waals surface area contributed by atoms with E-state index in [0.29, 0.717) is 0 Å². The van der Waals surface area contributed by atoms with Crippen LogP contribution in [0.15, 0.2) is 51.8 Å². The van der Waals surface area contributed by atoms with Crippen molar-refractivity contribution in [2.75, 3.05) is 13.9 Å². The van der Waals surface area contributed by atoms with Crippen LogP contribution in [0.5, 0.6) is 17.2 Å². The van der Waals surface area contributed by atoms with Crippen LogP contribution in [-0.4, -0.2) is 18.8 Å². The van der Waals surface area contributed by atoms with Crippen LogP contribution in [0.2, 0.25) is 0 Å². The van der Waals surface area contributed by atoms with E-state index in [9.17, 15) is 0 Å². The molecule has 130 valence electrons. The fourth-order valence-corrected chi connectivity index (χ4v) is 3.61. The predicted octanol–water partition coefficient (Wildman–Crippen LogP) is 4.28. The standard InChI is InChI=1S/C19H19NO4S/c1-21-17-8-19-18(23-13-24-19)7-15(17)10-20(9-14-4-6-25-12-14)11-16-3-2-5-22-16/h2-8,12H,9-11,13H2,1H3. The van der Waals surface area contributed by atoms with Gasteiger partial charge in [0.25, 0.3) is 0 Å². The SMILES string of the molecule is COc1cc2c(cc1CN(Cc1ccsc1)Cc1ccco1)OCO2. The van der Waals surface area contributed by atoms with Crippen LogP contribution in [0.4, 0.5) is 0 Å². The fourth-order valence-electron chi connectivity index (χ4n) is 2.95. The summed E-state index contributed by atoms with van der Waals surface area (Å²) in [6, 6.07) is 9.96. The molecule has 5 nitrogen and oxygen atoms in total. The average Bonchev–Trinajstić information content (AvgIpc) is 3.36. The summed E-state index contributed by atoms with van der Waals surface area (Å²) in [4.78, 5) is 2.32. The number of nitrogens with zero attached hydrogens (tertiary/aromatic N) is 1. The molecule has 0 radical (unpaired) electrons. The minimum Gasteiger partial charge on any atom is -0.496 e. The van der Waals surface area contributed by atoms with Crippen molar-refractivity contribution in [2.45, 2.75) is 19.6 Å². The summed E-state index contributed by atoms with van der Waals surface area (Å²) in [6.07, 6.45) is 1.71. The monoisotopic (exact) mass is 357 g/mol. The first-order valence-electron chi connectivity index (χ1n) is 8.04. The van der Waals surface area contributed by atoms with E-state index < -0.39 is 0 Å². The number of furan rings is 1. The van der Waals surface area contributed by atoms with Crippen LogP contribution >= 0.6 is 11.3 Å². The van der Waals surface area contributed by atoms with E-state index in [4.69, 9.17) is 18.6 Å². The van der Waals surface area contributed by atoms with E-state index in [0.717, 1.165) is 48.2 Å². The molecule has 0 spiro atoms. The summed E-state index contributed by atoms with van der Waals surface area (Å²) in [5.74, 6) is 3.24. The molecule has 0 fully saturated rings. The Balaban J connectivity index is 1.59. The average molecular weight is 357 g/mol. The molecule has 25 heavy (non-hydrogen) atoms. The van der Waals surface area contributed by atoms with Gasteiger partial charge in [-0.3, -0.25) is 4.90 Å². The number of methoxy groups -OCH3 is 1. The topological polar surface area (TPSA) is 44.1 Å². The van der Waals surface area contributed by atoms with Crippen molar-refractivity contribution in [1.82, 2.24) is 4.90 Å². The Bertz CT molecular complexity index is 778. The van der Waals surface area contributed by atoms with Crippen molar-refractivity contribution in [2.24, 2.45) is 0 Å². The fraction of sp³-hybridized carbons (Fsp3) is 0.263. The number of hydrogen-bond donors (Lipinski definition) is 0. The molecule has 4 rings (SSSR count). The molecule has 0 aliphatic carbocycles. The Morgan fingerprint density at radius 2 is 2.00 bits per heavy atom. The van der Waals surface area contributed by atoms with E-state index in [1.807, 2.05) is 24.3 Å². The van der Waals surface area contributed by atoms with Crippen LogP contribution in [0.3, 0.4) is 0 Å². The Hall–Kier alpha value is -2.44. The summed E-state index contributed by atoms with van der Waals surface area (Å²) in [7, 11) is 1.68. The molecule has 0 amide bonds. The van der Waals surface area contributed by atoms with Crippen molar-refractivity contribution < 1.29 is 18.6 Å². The van der Waals surface area contributed by atoms with Crippen molar-refractivity contribution in [3.05, 3.63) is 64.2 Å². The lowest BCUT2D eigenvalue weighted by atomic mass is 10.1. The predicted molar refractivity (Wildman–Crippen MR) is 95.1 cm³/mol. The van der Waals surface area contributed by atoms with Gasteiger partial charge in [-0.1, -0.05) is 0 Å². The zero-order valence-electron chi connectivity index (χ0n) is 13.9. The Labute approximate surface area is 150 Å². The minimum atomic E-state index is 0.257. The summed E-state index contributed by atoms with van der Waals surface area (Å²) in [5.41, 5.74) is 2.35. The number of hydrogen-bond acceptors (Lipinski definition) is 6. The molecule has 0 bridgehead atoms. The lowest BCUT2D eigenvalue weighted by molar-refractivity contribution is 0.173. The van der Waals surface area contributed by atoms with Crippen molar-refractivity contribution >= 4 is 11.3 Å². The molecule has 6 heteroatoms. The highest BCUT2D eigenvalue weighted by Gasteiger charge is 2.20. The molecule has 0 N–H and O–H groups in total. The number of thiophene rings is 1. The summed E-state index contributed by atoms with van der Waals surface area (Å²) in [6.45, 7) is 2.53. The Morgan fingerprint density at radius 3 is 2.72 bits per heavy atom. The highest BCUT2D eigenvalue weighted by atomic mass is 32.1. The Morgan fingerprint density at radius 1 is 1.12 bits per heavy atom. The smallest absolute Gasteiger partial charge is 0.231 e. The second kappa shape index (κ2) is 7.21. The molecule has 3 heterocycles.